The molecule has 0 aromatic carbocycles. The number of carbonyl (C=O) groups excluding carboxylic acids is 4. The van der Waals surface area contributed by atoms with Crippen LogP contribution >= 0.6 is 15.6 Å². The van der Waals surface area contributed by atoms with Gasteiger partial charge in [-0.15, -0.1) is 0 Å². The minimum absolute atomic E-state index is 0.0960. The number of hydrogen-bond donors (Lipinski definition) is 3. The number of aliphatic hydroxyl groups excluding tert-OH is 1. The third-order valence-corrected chi connectivity index (χ3v) is 18.1. The van der Waals surface area contributed by atoms with Crippen molar-refractivity contribution in [3.05, 3.63) is 72.9 Å². The molecule has 19 heteroatoms. The van der Waals surface area contributed by atoms with Crippen molar-refractivity contribution in [2.45, 2.75) is 354 Å². The highest BCUT2D eigenvalue weighted by molar-refractivity contribution is 7.47. The lowest BCUT2D eigenvalue weighted by Gasteiger charge is -2.21. The molecule has 0 aliphatic rings. The first kappa shape index (κ1) is 92.5. The molecule has 0 amide bonds. The predicted octanol–water partition coefficient (Wildman–Crippen LogP) is 21.7. The van der Waals surface area contributed by atoms with E-state index in [1.165, 1.54) is 96.3 Å². The first-order valence-electron chi connectivity index (χ1n) is 38.2. The van der Waals surface area contributed by atoms with Crippen LogP contribution in [-0.2, 0) is 65.4 Å². The summed E-state index contributed by atoms with van der Waals surface area (Å²) >= 11 is 0. The van der Waals surface area contributed by atoms with E-state index in [9.17, 15) is 43.2 Å². The second-order valence-corrected chi connectivity index (χ2v) is 28.5. The van der Waals surface area contributed by atoms with Crippen molar-refractivity contribution >= 4 is 39.5 Å². The highest BCUT2D eigenvalue weighted by atomic mass is 31.2. The molecule has 0 aliphatic heterocycles. The van der Waals surface area contributed by atoms with Crippen LogP contribution in [0.1, 0.15) is 336 Å². The molecule has 96 heavy (non-hydrogen) atoms. The summed E-state index contributed by atoms with van der Waals surface area (Å²) in [5.74, 6) is -2.18. The summed E-state index contributed by atoms with van der Waals surface area (Å²) in [7, 11) is -9.93. The Labute approximate surface area is 583 Å². The van der Waals surface area contributed by atoms with Crippen LogP contribution in [0.2, 0.25) is 0 Å². The van der Waals surface area contributed by atoms with Crippen molar-refractivity contribution < 1.29 is 80.2 Å². The molecule has 0 saturated heterocycles. The Morgan fingerprint density at radius 2 is 0.542 bits per heavy atom. The standard InChI is InChI=1S/C77H138O17P2/c1-5-9-13-17-21-25-29-31-33-34-35-36-38-40-44-46-50-54-58-62-75(80)88-68-73(94-77(82)64-60-56-52-48-42-28-24-20-16-12-8-4)70-92-96(85,86)90-66-71(78)65-89-95(83,84)91-69-72(93-76(81)63-59-55-51-47-41-27-23-19-15-11-7-3)67-87-74(79)61-57-53-49-45-43-39-37-32-30-26-22-18-14-10-6-2/h9,13,21-22,25-26,31-33,35-37,71-73,78H,5-8,10-12,14-20,23-24,27-30,34,38-70H2,1-4H3,(H,83,84)(H,85,86)/b13-9-,25-21-,26-22-,33-31-,36-35-,37-32-. The molecule has 558 valence electrons. The molecule has 5 unspecified atom stereocenters. The molecule has 0 heterocycles. The molecule has 5 atom stereocenters. The maximum Gasteiger partial charge on any atom is 0.472 e. The second kappa shape index (κ2) is 70.0. The van der Waals surface area contributed by atoms with E-state index in [-0.39, 0.29) is 25.7 Å². The molecule has 0 aromatic heterocycles. The lowest BCUT2D eigenvalue weighted by Crippen LogP contribution is -2.30. The van der Waals surface area contributed by atoms with Gasteiger partial charge in [0, 0.05) is 25.7 Å². The van der Waals surface area contributed by atoms with E-state index < -0.39 is 97.5 Å². The number of aliphatic hydroxyl groups is 1. The number of hydrogen-bond acceptors (Lipinski definition) is 15. The van der Waals surface area contributed by atoms with Gasteiger partial charge in [0.25, 0.3) is 0 Å². The molecule has 0 aromatic rings. The monoisotopic (exact) mass is 1400 g/mol. The topological polar surface area (TPSA) is 237 Å². The Morgan fingerprint density at radius 1 is 0.302 bits per heavy atom. The van der Waals surface area contributed by atoms with Crippen LogP contribution in [0.25, 0.3) is 0 Å². The first-order chi connectivity index (χ1) is 46.7. The molecule has 0 fully saturated rings. The Kier molecular flexibility index (Phi) is 67.4. The average Bonchev–Trinajstić information content (AvgIpc) is 1.15. The smallest absolute Gasteiger partial charge is 0.462 e. The predicted molar refractivity (Wildman–Crippen MR) is 390 cm³/mol. The van der Waals surface area contributed by atoms with E-state index in [1.807, 2.05) is 0 Å². The zero-order valence-corrected chi connectivity index (χ0v) is 62.6. The summed E-state index contributed by atoms with van der Waals surface area (Å²) in [4.78, 5) is 72.7. The second-order valence-electron chi connectivity index (χ2n) is 25.6. The van der Waals surface area contributed by atoms with Crippen LogP contribution in [-0.4, -0.2) is 96.7 Å². The van der Waals surface area contributed by atoms with Gasteiger partial charge in [0.2, 0.25) is 0 Å². The Bertz CT molecular complexity index is 2110. The number of rotatable bonds is 72. The van der Waals surface area contributed by atoms with Crippen molar-refractivity contribution in [1.82, 2.24) is 0 Å². The van der Waals surface area contributed by atoms with Crippen molar-refractivity contribution in [2.75, 3.05) is 39.6 Å². The van der Waals surface area contributed by atoms with Gasteiger partial charge in [0.15, 0.2) is 12.2 Å². The zero-order chi connectivity index (χ0) is 70.4. The number of phosphoric acid groups is 2. The van der Waals surface area contributed by atoms with Gasteiger partial charge in [0.1, 0.15) is 19.3 Å². The summed E-state index contributed by atoms with van der Waals surface area (Å²) < 4.78 is 68.4. The van der Waals surface area contributed by atoms with Crippen molar-refractivity contribution in [3.8, 4) is 0 Å². The van der Waals surface area contributed by atoms with Crippen LogP contribution in [0.4, 0.5) is 0 Å². The number of esters is 4. The van der Waals surface area contributed by atoms with E-state index in [0.29, 0.717) is 25.7 Å². The molecular formula is C77H138O17P2. The number of carbonyl (C=O) groups is 4. The zero-order valence-electron chi connectivity index (χ0n) is 60.8. The fourth-order valence-corrected chi connectivity index (χ4v) is 11.9. The van der Waals surface area contributed by atoms with E-state index in [1.54, 1.807) is 0 Å². The van der Waals surface area contributed by atoms with E-state index in [0.717, 1.165) is 161 Å². The van der Waals surface area contributed by atoms with Crippen molar-refractivity contribution in [1.29, 1.82) is 0 Å². The molecule has 0 radical (unpaired) electrons. The van der Waals surface area contributed by atoms with Gasteiger partial charge in [-0.2, -0.15) is 0 Å². The summed E-state index contributed by atoms with van der Waals surface area (Å²) in [5.41, 5.74) is 0. The van der Waals surface area contributed by atoms with Gasteiger partial charge in [-0.25, -0.2) is 9.13 Å². The largest absolute Gasteiger partial charge is 0.472 e. The normalized spacial score (nSPS) is 14.4. The van der Waals surface area contributed by atoms with Crippen molar-refractivity contribution in [3.63, 3.8) is 0 Å². The number of ether oxygens (including phenoxy) is 4. The molecule has 0 saturated carbocycles. The molecule has 0 aliphatic carbocycles. The third-order valence-electron chi connectivity index (χ3n) is 16.2. The number of unbranched alkanes of at least 4 members (excludes halogenated alkanes) is 34. The molecule has 0 rings (SSSR count). The Hall–Kier alpha value is -3.50. The van der Waals surface area contributed by atoms with E-state index in [4.69, 9.17) is 37.0 Å². The first-order valence-corrected chi connectivity index (χ1v) is 41.2. The van der Waals surface area contributed by atoms with E-state index in [2.05, 4.69) is 101 Å². The summed E-state index contributed by atoms with van der Waals surface area (Å²) in [6, 6.07) is 0. The highest BCUT2D eigenvalue weighted by Crippen LogP contribution is 2.45. The highest BCUT2D eigenvalue weighted by Gasteiger charge is 2.30. The third kappa shape index (κ3) is 69.0. The quantitative estimate of drug-likeness (QED) is 0.0169. The van der Waals surface area contributed by atoms with Crippen LogP contribution in [0.15, 0.2) is 72.9 Å². The summed E-state index contributed by atoms with van der Waals surface area (Å²) in [5, 5.41) is 10.6. The van der Waals surface area contributed by atoms with Crippen LogP contribution in [0.3, 0.4) is 0 Å². The minimum Gasteiger partial charge on any atom is -0.462 e. The summed E-state index contributed by atoms with van der Waals surface area (Å²) in [6.07, 6.45) is 68.9. The maximum absolute atomic E-state index is 13.1. The molecular weight excluding hydrogens is 1260 g/mol. The molecule has 0 spiro atoms. The number of allylic oxidation sites excluding steroid dienone is 12. The lowest BCUT2D eigenvalue weighted by molar-refractivity contribution is -0.161. The molecule has 17 nitrogen and oxygen atoms in total. The summed E-state index contributed by atoms with van der Waals surface area (Å²) in [6.45, 7) is 4.73. The Balaban J connectivity index is 5.27. The van der Waals surface area contributed by atoms with Gasteiger partial charge in [-0.3, -0.25) is 37.3 Å². The fraction of sp³-hybridized carbons (Fsp3) is 0.792. The van der Waals surface area contributed by atoms with Gasteiger partial charge < -0.3 is 33.8 Å². The SMILES string of the molecule is CC/C=C\C/C=C\C/C=C\C/C=C\CCCCCCCCC(=O)OCC(COP(=O)(O)OCC(O)COP(=O)(O)OCC(COC(=O)CCCCCCC/C=C\C/C=C\CCCCC)OC(=O)CCCCCCCCCCCCC)OC(=O)CCCCCCCCCCCCC. The van der Waals surface area contributed by atoms with Gasteiger partial charge in [0.05, 0.1) is 26.4 Å². The minimum atomic E-state index is -4.97. The van der Waals surface area contributed by atoms with Gasteiger partial charge in [-0.1, -0.05) is 287 Å². The van der Waals surface area contributed by atoms with E-state index >= 15 is 0 Å². The van der Waals surface area contributed by atoms with Crippen LogP contribution < -0.4 is 0 Å². The lowest BCUT2D eigenvalue weighted by atomic mass is 10.1. The average molecular weight is 1400 g/mol. The fourth-order valence-electron chi connectivity index (χ4n) is 10.4. The number of phosphoric ester groups is 2. The maximum atomic E-state index is 13.1. The van der Waals surface area contributed by atoms with Gasteiger partial charge in [-0.05, 0) is 96.3 Å². The van der Waals surface area contributed by atoms with Gasteiger partial charge >= 0.3 is 39.5 Å². The van der Waals surface area contributed by atoms with Crippen LogP contribution in [0.5, 0.6) is 0 Å². The Morgan fingerprint density at radius 3 is 0.854 bits per heavy atom. The van der Waals surface area contributed by atoms with Crippen molar-refractivity contribution in [2.24, 2.45) is 0 Å². The molecule has 0 bridgehead atoms. The van der Waals surface area contributed by atoms with Crippen LogP contribution in [0, 0.1) is 0 Å². The molecule has 3 N–H and O–H groups in total.